The van der Waals surface area contributed by atoms with E-state index >= 15 is 0 Å². The first-order valence-electron chi connectivity index (χ1n) is 3.06. The first-order chi connectivity index (χ1) is 5.41. The molecular weight excluding hydrogens is 203 g/mol. The molecule has 0 aliphatic carbocycles. The minimum atomic E-state index is -3.34. The zero-order valence-electron chi connectivity index (χ0n) is 6.21. The van der Waals surface area contributed by atoms with E-state index in [1.54, 1.807) is 0 Å². The van der Waals surface area contributed by atoms with Crippen LogP contribution in [0.5, 0.6) is 0 Å². The lowest BCUT2D eigenvalue weighted by Gasteiger charge is -1.98. The van der Waals surface area contributed by atoms with Gasteiger partial charge in [-0.2, -0.15) is 0 Å². The molecule has 0 N–H and O–H groups in total. The largest absolute Gasteiger partial charge is 0.224 e. The van der Waals surface area contributed by atoms with Crippen LogP contribution in [0.4, 0.5) is 4.39 Å². The molecule has 0 aliphatic heterocycles. The van der Waals surface area contributed by atoms with Gasteiger partial charge in [0.05, 0.1) is 9.92 Å². The molecule has 1 aromatic carbocycles. The molecule has 0 saturated heterocycles. The van der Waals surface area contributed by atoms with Crippen molar-refractivity contribution < 1.29 is 12.8 Å². The maximum Gasteiger partial charge on any atom is 0.175 e. The van der Waals surface area contributed by atoms with Crippen molar-refractivity contribution in [2.45, 2.75) is 4.90 Å². The summed E-state index contributed by atoms with van der Waals surface area (Å²) in [5.41, 5.74) is 0. The first kappa shape index (κ1) is 9.48. The van der Waals surface area contributed by atoms with Crippen LogP contribution in [0.2, 0.25) is 5.02 Å². The van der Waals surface area contributed by atoms with Gasteiger partial charge in [0.25, 0.3) is 0 Å². The normalized spacial score (nSPS) is 11.6. The predicted molar refractivity (Wildman–Crippen MR) is 44.5 cm³/mol. The maximum absolute atomic E-state index is 12.7. The average Bonchev–Trinajstić information content (AvgIpc) is 1.92. The summed E-state index contributed by atoms with van der Waals surface area (Å²) < 4.78 is 34.5. The van der Waals surface area contributed by atoms with Gasteiger partial charge in [-0.3, -0.25) is 0 Å². The quantitative estimate of drug-likeness (QED) is 0.706. The Bertz CT molecular complexity index is 400. The molecule has 0 fully saturated rings. The molecule has 0 spiro atoms. The molecule has 12 heavy (non-hydrogen) atoms. The van der Waals surface area contributed by atoms with E-state index in [1.165, 1.54) is 12.1 Å². The van der Waals surface area contributed by atoms with Gasteiger partial charge in [0.15, 0.2) is 9.84 Å². The van der Waals surface area contributed by atoms with Crippen molar-refractivity contribution in [1.82, 2.24) is 0 Å². The third-order valence-corrected chi connectivity index (χ3v) is 2.74. The van der Waals surface area contributed by atoms with Gasteiger partial charge in [0.2, 0.25) is 0 Å². The molecule has 0 heterocycles. The number of rotatable bonds is 1. The molecular formula is C7H6ClFO2S. The van der Waals surface area contributed by atoms with Crippen molar-refractivity contribution in [2.24, 2.45) is 0 Å². The summed E-state index contributed by atoms with van der Waals surface area (Å²) in [6.07, 6.45) is 1.01. The molecule has 0 atom stereocenters. The second-order valence-corrected chi connectivity index (χ2v) is 4.77. The Kier molecular flexibility index (Phi) is 2.39. The van der Waals surface area contributed by atoms with Crippen LogP contribution in [0.15, 0.2) is 23.1 Å². The van der Waals surface area contributed by atoms with Crippen LogP contribution >= 0.6 is 11.6 Å². The summed E-state index contributed by atoms with van der Waals surface area (Å²) >= 11 is 5.36. The number of benzene rings is 1. The number of halogens is 2. The topological polar surface area (TPSA) is 34.1 Å². The lowest BCUT2D eigenvalue weighted by atomic mass is 10.3. The summed E-state index contributed by atoms with van der Waals surface area (Å²) in [6.45, 7) is 0. The Balaban J connectivity index is 3.33. The standard InChI is InChI=1S/C7H6ClFO2S/c1-12(10,11)5-2-3-6(8)7(9)4-5/h2-4H,1H3. The maximum atomic E-state index is 12.7. The fourth-order valence-corrected chi connectivity index (χ4v) is 1.46. The highest BCUT2D eigenvalue weighted by atomic mass is 35.5. The molecule has 1 aromatic rings. The Morgan fingerprint density at radius 2 is 2.00 bits per heavy atom. The van der Waals surface area contributed by atoms with Gasteiger partial charge >= 0.3 is 0 Å². The highest BCUT2D eigenvalue weighted by Gasteiger charge is 2.09. The second kappa shape index (κ2) is 3.03. The van der Waals surface area contributed by atoms with Gasteiger partial charge < -0.3 is 0 Å². The van der Waals surface area contributed by atoms with Gasteiger partial charge in [0, 0.05) is 6.26 Å². The van der Waals surface area contributed by atoms with E-state index in [2.05, 4.69) is 0 Å². The Morgan fingerprint density at radius 1 is 1.42 bits per heavy atom. The van der Waals surface area contributed by atoms with E-state index in [-0.39, 0.29) is 9.92 Å². The molecule has 0 radical (unpaired) electrons. The van der Waals surface area contributed by atoms with Crippen LogP contribution in [-0.4, -0.2) is 14.7 Å². The molecule has 0 saturated carbocycles. The lowest BCUT2D eigenvalue weighted by Crippen LogP contribution is -1.97. The zero-order chi connectivity index (χ0) is 9.35. The van der Waals surface area contributed by atoms with Crippen LogP contribution in [0.25, 0.3) is 0 Å². The minimum Gasteiger partial charge on any atom is -0.224 e. The average molecular weight is 209 g/mol. The highest BCUT2D eigenvalue weighted by molar-refractivity contribution is 7.90. The SMILES string of the molecule is CS(=O)(=O)c1ccc(Cl)c(F)c1. The minimum absolute atomic E-state index is 0.0654. The summed E-state index contributed by atoms with van der Waals surface area (Å²) in [6, 6.07) is 3.38. The predicted octanol–water partition coefficient (Wildman–Crippen LogP) is 1.88. The van der Waals surface area contributed by atoms with Crippen molar-refractivity contribution in [3.8, 4) is 0 Å². The lowest BCUT2D eigenvalue weighted by molar-refractivity contribution is 0.596. The van der Waals surface area contributed by atoms with Gasteiger partial charge in [0.1, 0.15) is 5.82 Å². The molecule has 1 rings (SSSR count). The van der Waals surface area contributed by atoms with Gasteiger partial charge in [-0.15, -0.1) is 0 Å². The fourth-order valence-electron chi connectivity index (χ4n) is 0.707. The second-order valence-electron chi connectivity index (χ2n) is 2.35. The van der Waals surface area contributed by atoms with Gasteiger partial charge in [-0.1, -0.05) is 11.6 Å². The number of sulfone groups is 1. The van der Waals surface area contributed by atoms with E-state index in [0.717, 1.165) is 12.3 Å². The van der Waals surface area contributed by atoms with Crippen molar-refractivity contribution in [3.05, 3.63) is 29.0 Å². The monoisotopic (exact) mass is 208 g/mol. The van der Waals surface area contributed by atoms with Gasteiger partial charge in [-0.05, 0) is 18.2 Å². The van der Waals surface area contributed by atoms with Crippen molar-refractivity contribution in [2.75, 3.05) is 6.26 Å². The molecule has 66 valence electrons. The summed E-state index contributed by atoms with van der Waals surface area (Å²) in [4.78, 5) is -0.0654. The van der Waals surface area contributed by atoms with E-state index in [0.29, 0.717) is 0 Å². The fraction of sp³-hybridized carbons (Fsp3) is 0.143. The third kappa shape index (κ3) is 1.95. The molecule has 0 amide bonds. The van der Waals surface area contributed by atoms with Crippen LogP contribution in [0, 0.1) is 5.82 Å². The summed E-state index contributed by atoms with van der Waals surface area (Å²) in [5.74, 6) is -0.723. The Labute approximate surface area is 74.9 Å². The summed E-state index contributed by atoms with van der Waals surface area (Å²) in [5, 5.41) is -0.0811. The molecule has 5 heteroatoms. The van der Waals surface area contributed by atoms with Crippen molar-refractivity contribution >= 4 is 21.4 Å². The number of hydrogen-bond donors (Lipinski definition) is 0. The van der Waals surface area contributed by atoms with Crippen LogP contribution in [0.1, 0.15) is 0 Å². The van der Waals surface area contributed by atoms with Crippen LogP contribution < -0.4 is 0 Å². The Hall–Kier alpha value is -0.610. The van der Waals surface area contributed by atoms with E-state index in [9.17, 15) is 12.8 Å². The van der Waals surface area contributed by atoms with Crippen molar-refractivity contribution in [1.29, 1.82) is 0 Å². The van der Waals surface area contributed by atoms with E-state index < -0.39 is 15.7 Å². The van der Waals surface area contributed by atoms with Gasteiger partial charge in [-0.25, -0.2) is 12.8 Å². The number of hydrogen-bond acceptors (Lipinski definition) is 2. The molecule has 0 bridgehead atoms. The first-order valence-corrected chi connectivity index (χ1v) is 5.33. The van der Waals surface area contributed by atoms with Crippen LogP contribution in [0.3, 0.4) is 0 Å². The Morgan fingerprint density at radius 3 is 2.42 bits per heavy atom. The third-order valence-electron chi connectivity index (χ3n) is 1.32. The molecule has 0 aliphatic rings. The van der Waals surface area contributed by atoms with Crippen LogP contribution in [-0.2, 0) is 9.84 Å². The zero-order valence-corrected chi connectivity index (χ0v) is 7.79. The smallest absolute Gasteiger partial charge is 0.175 e. The van der Waals surface area contributed by atoms with E-state index in [1.807, 2.05) is 0 Å². The molecule has 2 nitrogen and oxygen atoms in total. The summed E-state index contributed by atoms with van der Waals surface area (Å²) in [7, 11) is -3.34. The van der Waals surface area contributed by atoms with E-state index in [4.69, 9.17) is 11.6 Å². The molecule has 0 aromatic heterocycles. The highest BCUT2D eigenvalue weighted by Crippen LogP contribution is 2.18. The molecule has 0 unspecified atom stereocenters. The van der Waals surface area contributed by atoms with Crippen molar-refractivity contribution in [3.63, 3.8) is 0 Å².